The van der Waals surface area contributed by atoms with Gasteiger partial charge < -0.3 is 10.7 Å². The number of aromatic amines is 1. The van der Waals surface area contributed by atoms with E-state index < -0.39 is 0 Å². The number of rotatable bonds is 2. The lowest BCUT2D eigenvalue weighted by Gasteiger charge is -2.01. The number of anilines is 1. The van der Waals surface area contributed by atoms with Crippen LogP contribution in [0.4, 0.5) is 5.69 Å². The Kier molecular flexibility index (Phi) is 2.37. The minimum absolute atomic E-state index is 0.0994. The molecule has 3 aromatic rings. The van der Waals surface area contributed by atoms with E-state index in [2.05, 4.69) is 10.1 Å². The summed E-state index contributed by atoms with van der Waals surface area (Å²) >= 11 is 0. The maximum atomic E-state index is 11.9. The number of benzene rings is 1. The van der Waals surface area contributed by atoms with Gasteiger partial charge in [-0.2, -0.15) is 5.10 Å². The summed E-state index contributed by atoms with van der Waals surface area (Å²) in [5, 5.41) is 5.03. The fourth-order valence-corrected chi connectivity index (χ4v) is 1.93. The molecule has 0 radical (unpaired) electrons. The summed E-state index contributed by atoms with van der Waals surface area (Å²) in [5.41, 5.74) is 7.99. The van der Waals surface area contributed by atoms with Crippen molar-refractivity contribution in [3.63, 3.8) is 0 Å². The lowest BCUT2D eigenvalue weighted by atomic mass is 10.1. The lowest BCUT2D eigenvalue weighted by Crippen LogP contribution is -2.13. The van der Waals surface area contributed by atoms with Gasteiger partial charge >= 0.3 is 0 Å². The number of carbonyl (C=O) groups is 1. The third-order valence-electron chi connectivity index (χ3n) is 2.83. The van der Waals surface area contributed by atoms with Gasteiger partial charge in [-0.1, -0.05) is 12.1 Å². The van der Waals surface area contributed by atoms with Gasteiger partial charge in [0.25, 0.3) is 5.91 Å². The Labute approximate surface area is 103 Å². The van der Waals surface area contributed by atoms with Crippen molar-refractivity contribution < 1.29 is 4.79 Å². The van der Waals surface area contributed by atoms with E-state index in [0.29, 0.717) is 12.1 Å². The van der Waals surface area contributed by atoms with Gasteiger partial charge in [0.1, 0.15) is 0 Å². The summed E-state index contributed by atoms with van der Waals surface area (Å²) in [7, 11) is 0. The van der Waals surface area contributed by atoms with Crippen LogP contribution in [0, 0.1) is 0 Å². The molecule has 0 fully saturated rings. The van der Waals surface area contributed by atoms with Crippen molar-refractivity contribution in [3.8, 4) is 0 Å². The van der Waals surface area contributed by atoms with E-state index in [9.17, 15) is 4.79 Å². The SMILES string of the molecule is Nc1cnn(C(=O)Cc2ccc3cc[nH]c3c2)c1. The molecule has 0 saturated heterocycles. The molecule has 3 N–H and O–H groups in total. The van der Waals surface area contributed by atoms with Crippen LogP contribution in [0.25, 0.3) is 10.9 Å². The normalized spacial score (nSPS) is 10.9. The molecule has 2 aromatic heterocycles. The summed E-state index contributed by atoms with van der Waals surface area (Å²) in [5.74, 6) is -0.0994. The van der Waals surface area contributed by atoms with Crippen molar-refractivity contribution >= 4 is 22.5 Å². The molecule has 0 aliphatic heterocycles. The molecule has 0 saturated carbocycles. The van der Waals surface area contributed by atoms with Crippen LogP contribution < -0.4 is 5.73 Å². The quantitative estimate of drug-likeness (QED) is 0.717. The molecule has 0 atom stereocenters. The zero-order chi connectivity index (χ0) is 12.5. The van der Waals surface area contributed by atoms with Crippen LogP contribution in [0.5, 0.6) is 0 Å². The summed E-state index contributed by atoms with van der Waals surface area (Å²) in [6.45, 7) is 0. The Hall–Kier alpha value is -2.56. The van der Waals surface area contributed by atoms with Crippen molar-refractivity contribution in [1.29, 1.82) is 0 Å². The number of nitrogens with one attached hydrogen (secondary N) is 1. The number of hydrogen-bond donors (Lipinski definition) is 2. The van der Waals surface area contributed by atoms with Crippen molar-refractivity contribution in [2.24, 2.45) is 0 Å². The molecule has 1 aromatic carbocycles. The molecule has 3 rings (SSSR count). The van der Waals surface area contributed by atoms with Crippen LogP contribution >= 0.6 is 0 Å². The number of aromatic nitrogens is 3. The van der Waals surface area contributed by atoms with E-state index in [0.717, 1.165) is 16.5 Å². The number of fused-ring (bicyclic) bond motifs is 1. The highest BCUT2D eigenvalue weighted by atomic mass is 16.2. The number of nitrogens with zero attached hydrogens (tertiary/aromatic N) is 2. The van der Waals surface area contributed by atoms with E-state index >= 15 is 0 Å². The van der Waals surface area contributed by atoms with E-state index in [-0.39, 0.29) is 5.91 Å². The number of nitrogen functional groups attached to an aromatic ring is 1. The maximum absolute atomic E-state index is 11.9. The number of H-pyrrole nitrogens is 1. The minimum atomic E-state index is -0.0994. The second kappa shape index (κ2) is 4.03. The van der Waals surface area contributed by atoms with Crippen LogP contribution in [0.3, 0.4) is 0 Å². The lowest BCUT2D eigenvalue weighted by molar-refractivity contribution is 0.0898. The van der Waals surface area contributed by atoms with Gasteiger partial charge in [-0.05, 0) is 23.1 Å². The van der Waals surface area contributed by atoms with Gasteiger partial charge in [-0.3, -0.25) is 4.79 Å². The Bertz CT molecular complexity index is 710. The van der Waals surface area contributed by atoms with Gasteiger partial charge in [0.2, 0.25) is 0 Å². The highest BCUT2D eigenvalue weighted by Gasteiger charge is 2.08. The Balaban J connectivity index is 1.85. The number of carbonyl (C=O) groups excluding carboxylic acids is 1. The van der Waals surface area contributed by atoms with Gasteiger partial charge in [-0.25, -0.2) is 4.68 Å². The smallest absolute Gasteiger partial charge is 0.251 e. The number of nitrogens with two attached hydrogens (primary N) is 1. The Morgan fingerprint density at radius 1 is 1.39 bits per heavy atom. The fourth-order valence-electron chi connectivity index (χ4n) is 1.93. The summed E-state index contributed by atoms with van der Waals surface area (Å²) in [6, 6.07) is 7.90. The van der Waals surface area contributed by atoms with Gasteiger partial charge in [-0.15, -0.1) is 0 Å². The molecule has 90 valence electrons. The second-order valence-electron chi connectivity index (χ2n) is 4.19. The summed E-state index contributed by atoms with van der Waals surface area (Å²) in [6.07, 6.45) is 5.17. The van der Waals surface area contributed by atoms with Crippen molar-refractivity contribution in [3.05, 3.63) is 48.4 Å². The Morgan fingerprint density at radius 2 is 2.28 bits per heavy atom. The van der Waals surface area contributed by atoms with Crippen LogP contribution in [0.1, 0.15) is 10.4 Å². The van der Waals surface area contributed by atoms with Crippen molar-refractivity contribution in [2.45, 2.75) is 6.42 Å². The third kappa shape index (κ3) is 1.86. The second-order valence-corrected chi connectivity index (χ2v) is 4.19. The molecule has 18 heavy (non-hydrogen) atoms. The van der Waals surface area contributed by atoms with Crippen LogP contribution in [-0.2, 0) is 6.42 Å². The van der Waals surface area contributed by atoms with Crippen molar-refractivity contribution in [2.75, 3.05) is 5.73 Å². The third-order valence-corrected chi connectivity index (χ3v) is 2.83. The largest absolute Gasteiger partial charge is 0.396 e. The molecule has 0 aliphatic carbocycles. The van der Waals surface area contributed by atoms with E-state index in [1.165, 1.54) is 17.1 Å². The monoisotopic (exact) mass is 240 g/mol. The average Bonchev–Trinajstić information content (AvgIpc) is 2.96. The summed E-state index contributed by atoms with van der Waals surface area (Å²) in [4.78, 5) is 15.1. The van der Waals surface area contributed by atoms with Gasteiger partial charge in [0, 0.05) is 11.7 Å². The van der Waals surface area contributed by atoms with E-state index in [1.807, 2.05) is 30.5 Å². The zero-order valence-corrected chi connectivity index (χ0v) is 9.63. The predicted octanol–water partition coefficient (Wildman–Crippen LogP) is 1.83. The fraction of sp³-hybridized carbons (Fsp3) is 0.0769. The van der Waals surface area contributed by atoms with Gasteiger partial charge in [0.15, 0.2) is 0 Å². The standard InChI is InChI=1S/C13H12N4O/c14-11-7-16-17(8-11)13(18)6-9-1-2-10-3-4-15-12(10)5-9/h1-5,7-8,15H,6,14H2. The molecule has 0 amide bonds. The summed E-state index contributed by atoms with van der Waals surface area (Å²) < 4.78 is 1.27. The topological polar surface area (TPSA) is 76.7 Å². The first kappa shape index (κ1) is 10.6. The number of hydrogen-bond acceptors (Lipinski definition) is 3. The molecule has 0 aliphatic rings. The molecule has 0 unspecified atom stereocenters. The molecule has 0 bridgehead atoms. The first-order chi connectivity index (χ1) is 8.72. The zero-order valence-electron chi connectivity index (χ0n) is 9.63. The van der Waals surface area contributed by atoms with E-state index in [1.54, 1.807) is 0 Å². The molecular weight excluding hydrogens is 228 g/mol. The first-order valence-electron chi connectivity index (χ1n) is 5.62. The molecule has 2 heterocycles. The van der Waals surface area contributed by atoms with Crippen LogP contribution in [0.2, 0.25) is 0 Å². The maximum Gasteiger partial charge on any atom is 0.251 e. The molecule has 5 nitrogen and oxygen atoms in total. The first-order valence-corrected chi connectivity index (χ1v) is 5.62. The van der Waals surface area contributed by atoms with Gasteiger partial charge in [0.05, 0.1) is 24.5 Å². The van der Waals surface area contributed by atoms with E-state index in [4.69, 9.17) is 5.73 Å². The highest BCUT2D eigenvalue weighted by Crippen LogP contribution is 2.15. The van der Waals surface area contributed by atoms with Crippen LogP contribution in [0.15, 0.2) is 42.9 Å². The minimum Gasteiger partial charge on any atom is -0.396 e. The van der Waals surface area contributed by atoms with Crippen molar-refractivity contribution in [1.82, 2.24) is 14.8 Å². The molecule has 5 heteroatoms. The Morgan fingerprint density at radius 3 is 3.06 bits per heavy atom. The highest BCUT2D eigenvalue weighted by molar-refractivity contribution is 5.84. The predicted molar refractivity (Wildman–Crippen MR) is 69.3 cm³/mol. The average molecular weight is 240 g/mol. The molecule has 0 spiro atoms. The van der Waals surface area contributed by atoms with Crippen LogP contribution in [-0.4, -0.2) is 20.7 Å². The molecular formula is C13H12N4O.